The van der Waals surface area contributed by atoms with Crippen molar-refractivity contribution in [3.8, 4) is 0 Å². The maximum Gasteiger partial charge on any atom is 0.259 e. The van der Waals surface area contributed by atoms with Crippen LogP contribution in [0.25, 0.3) is 11.1 Å². The highest BCUT2D eigenvalue weighted by atomic mass is 16.5. The molecule has 0 aromatic carbocycles. The molecule has 0 aliphatic rings. The van der Waals surface area contributed by atoms with Gasteiger partial charge in [0.1, 0.15) is 6.33 Å². The molecule has 3 rings (SSSR count). The summed E-state index contributed by atoms with van der Waals surface area (Å²) in [6.45, 7) is 6.11. The fourth-order valence-electron chi connectivity index (χ4n) is 2.31. The van der Waals surface area contributed by atoms with Gasteiger partial charge in [-0.3, -0.25) is 4.79 Å². The summed E-state index contributed by atoms with van der Waals surface area (Å²) in [6, 6.07) is 1.79. The smallest absolute Gasteiger partial charge is 0.259 e. The Bertz CT molecular complexity index is 864. The molecule has 0 aliphatic carbocycles. The number of hydrogen-bond donors (Lipinski definition) is 1. The van der Waals surface area contributed by atoms with Crippen LogP contribution >= 0.6 is 0 Å². The Balaban J connectivity index is 1.95. The largest absolute Gasteiger partial charge is 0.345 e. The summed E-state index contributed by atoms with van der Waals surface area (Å²) in [7, 11) is 1.83. The lowest BCUT2D eigenvalue weighted by atomic mass is 10.0. The van der Waals surface area contributed by atoms with Gasteiger partial charge >= 0.3 is 0 Å². The summed E-state index contributed by atoms with van der Waals surface area (Å²) in [6.07, 6.45) is 1.59. The second-order valence-corrected chi connectivity index (χ2v) is 5.74. The van der Waals surface area contributed by atoms with Gasteiger partial charge in [-0.05, 0) is 18.9 Å². The zero-order valence-corrected chi connectivity index (χ0v) is 13.5. The predicted molar refractivity (Wildman–Crippen MR) is 82.8 cm³/mol. The van der Waals surface area contributed by atoms with Crippen LogP contribution in [-0.2, 0) is 13.6 Å². The number of nitrogens with one attached hydrogen (secondary N) is 1. The molecule has 0 saturated heterocycles. The second kappa shape index (κ2) is 5.79. The quantitative estimate of drug-likeness (QED) is 0.787. The Morgan fingerprint density at radius 2 is 2.22 bits per heavy atom. The number of rotatable bonds is 4. The molecule has 0 atom stereocenters. The maximum absolute atomic E-state index is 12.6. The van der Waals surface area contributed by atoms with Crippen molar-refractivity contribution in [1.82, 2.24) is 30.2 Å². The Morgan fingerprint density at radius 3 is 2.87 bits per heavy atom. The summed E-state index contributed by atoms with van der Waals surface area (Å²) >= 11 is 0. The molecule has 3 heterocycles. The van der Waals surface area contributed by atoms with Gasteiger partial charge in [0.05, 0.1) is 23.2 Å². The first kappa shape index (κ1) is 15.1. The highest BCUT2D eigenvalue weighted by Gasteiger charge is 2.19. The summed E-state index contributed by atoms with van der Waals surface area (Å²) in [4.78, 5) is 17.1. The molecular formula is C15H18N6O2. The average molecular weight is 314 g/mol. The number of pyridine rings is 1. The third kappa shape index (κ3) is 2.79. The zero-order valence-electron chi connectivity index (χ0n) is 13.5. The number of nitrogens with zero attached hydrogens (tertiary/aromatic N) is 5. The van der Waals surface area contributed by atoms with Gasteiger partial charge in [0.15, 0.2) is 5.82 Å². The van der Waals surface area contributed by atoms with Gasteiger partial charge in [0.2, 0.25) is 0 Å². The number of hydrogen-bond acceptors (Lipinski definition) is 6. The van der Waals surface area contributed by atoms with E-state index < -0.39 is 0 Å². The van der Waals surface area contributed by atoms with Crippen LogP contribution in [0.4, 0.5) is 0 Å². The van der Waals surface area contributed by atoms with Crippen molar-refractivity contribution < 1.29 is 9.32 Å². The van der Waals surface area contributed by atoms with Gasteiger partial charge in [-0.25, -0.2) is 4.98 Å². The predicted octanol–water partition coefficient (Wildman–Crippen LogP) is 1.71. The number of amides is 1. The van der Waals surface area contributed by atoms with E-state index in [1.54, 1.807) is 23.9 Å². The molecule has 0 unspecified atom stereocenters. The van der Waals surface area contributed by atoms with E-state index in [-0.39, 0.29) is 11.8 Å². The normalized spacial score (nSPS) is 11.3. The number of carbonyl (C=O) groups is 1. The molecule has 0 spiro atoms. The van der Waals surface area contributed by atoms with E-state index in [2.05, 4.69) is 25.7 Å². The highest BCUT2D eigenvalue weighted by Crippen LogP contribution is 2.25. The van der Waals surface area contributed by atoms with Gasteiger partial charge in [-0.1, -0.05) is 19.0 Å². The lowest BCUT2D eigenvalue weighted by molar-refractivity contribution is 0.0951. The van der Waals surface area contributed by atoms with E-state index in [0.29, 0.717) is 34.7 Å². The fraction of sp³-hybridized carbons (Fsp3) is 0.400. The minimum absolute atomic E-state index is 0.176. The molecular weight excluding hydrogens is 296 g/mol. The van der Waals surface area contributed by atoms with Crippen LogP contribution in [0.15, 0.2) is 16.9 Å². The first-order valence-corrected chi connectivity index (χ1v) is 7.35. The molecule has 3 aromatic heterocycles. The molecule has 0 aliphatic heterocycles. The van der Waals surface area contributed by atoms with Gasteiger partial charge in [0, 0.05) is 12.7 Å². The van der Waals surface area contributed by atoms with E-state index in [1.807, 2.05) is 20.9 Å². The van der Waals surface area contributed by atoms with Crippen LogP contribution < -0.4 is 5.32 Å². The third-order valence-corrected chi connectivity index (χ3v) is 3.69. The van der Waals surface area contributed by atoms with Crippen LogP contribution in [0.1, 0.15) is 47.3 Å². The molecule has 8 nitrogen and oxygen atoms in total. The van der Waals surface area contributed by atoms with Crippen LogP contribution in [0, 0.1) is 6.92 Å². The van der Waals surface area contributed by atoms with E-state index in [0.717, 1.165) is 5.69 Å². The Morgan fingerprint density at radius 1 is 1.43 bits per heavy atom. The molecule has 120 valence electrons. The van der Waals surface area contributed by atoms with Crippen molar-refractivity contribution in [2.24, 2.45) is 7.05 Å². The summed E-state index contributed by atoms with van der Waals surface area (Å²) < 4.78 is 6.99. The first-order valence-electron chi connectivity index (χ1n) is 7.35. The number of fused-ring (bicyclic) bond motifs is 1. The minimum Gasteiger partial charge on any atom is -0.345 e. The summed E-state index contributed by atoms with van der Waals surface area (Å²) in [5.41, 5.74) is 2.33. The molecule has 3 aromatic rings. The van der Waals surface area contributed by atoms with Crippen LogP contribution in [0.5, 0.6) is 0 Å². The van der Waals surface area contributed by atoms with Crippen molar-refractivity contribution in [2.75, 3.05) is 0 Å². The van der Waals surface area contributed by atoms with Gasteiger partial charge in [-0.15, -0.1) is 10.2 Å². The van der Waals surface area contributed by atoms with Crippen molar-refractivity contribution in [3.05, 3.63) is 35.2 Å². The molecule has 0 bridgehead atoms. The standard InChI is InChI=1S/C15H18N6O2/c1-8(2)11-5-10(13-9(3)20-23-15(13)18-11)14(22)16-6-12-19-17-7-21(12)4/h5,7-8H,6H2,1-4H3,(H,16,22). The minimum atomic E-state index is -0.214. The van der Waals surface area contributed by atoms with Crippen molar-refractivity contribution in [1.29, 1.82) is 0 Å². The molecule has 23 heavy (non-hydrogen) atoms. The van der Waals surface area contributed by atoms with Gasteiger partial charge in [0.25, 0.3) is 11.6 Å². The topological polar surface area (TPSA) is 98.7 Å². The molecule has 8 heteroatoms. The van der Waals surface area contributed by atoms with Crippen LogP contribution in [0.2, 0.25) is 0 Å². The lowest BCUT2D eigenvalue weighted by Gasteiger charge is -2.09. The third-order valence-electron chi connectivity index (χ3n) is 3.69. The Hall–Kier alpha value is -2.77. The second-order valence-electron chi connectivity index (χ2n) is 5.74. The van der Waals surface area contributed by atoms with E-state index in [4.69, 9.17) is 4.52 Å². The fourth-order valence-corrected chi connectivity index (χ4v) is 2.31. The molecule has 1 N–H and O–H groups in total. The molecule has 1 amide bonds. The van der Waals surface area contributed by atoms with E-state index in [1.165, 1.54) is 0 Å². The van der Waals surface area contributed by atoms with E-state index >= 15 is 0 Å². The summed E-state index contributed by atoms with van der Waals surface area (Å²) in [5, 5.41) is 15.2. The molecule has 0 saturated carbocycles. The van der Waals surface area contributed by atoms with E-state index in [9.17, 15) is 4.79 Å². The van der Waals surface area contributed by atoms with Crippen molar-refractivity contribution >= 4 is 17.0 Å². The van der Waals surface area contributed by atoms with Crippen LogP contribution in [-0.4, -0.2) is 30.8 Å². The van der Waals surface area contributed by atoms with Crippen LogP contribution in [0.3, 0.4) is 0 Å². The number of carbonyl (C=O) groups excluding carboxylic acids is 1. The maximum atomic E-state index is 12.6. The Kier molecular flexibility index (Phi) is 3.81. The number of aromatic nitrogens is 5. The first-order chi connectivity index (χ1) is 11.0. The molecule has 0 fully saturated rings. The van der Waals surface area contributed by atoms with Gasteiger partial charge in [-0.2, -0.15) is 0 Å². The SMILES string of the molecule is Cc1noc2nc(C(C)C)cc(C(=O)NCc3nncn3C)c12. The van der Waals surface area contributed by atoms with Gasteiger partial charge < -0.3 is 14.4 Å². The molecule has 0 radical (unpaired) electrons. The highest BCUT2D eigenvalue weighted by molar-refractivity contribution is 6.06. The lowest BCUT2D eigenvalue weighted by Crippen LogP contribution is -2.25. The monoisotopic (exact) mass is 314 g/mol. The van der Waals surface area contributed by atoms with Crippen molar-refractivity contribution in [2.45, 2.75) is 33.2 Å². The van der Waals surface area contributed by atoms with Crippen molar-refractivity contribution in [3.63, 3.8) is 0 Å². The average Bonchev–Trinajstić information content (AvgIpc) is 3.10. The number of aryl methyl sites for hydroxylation is 2. The zero-order chi connectivity index (χ0) is 16.6. The Labute approximate surface area is 132 Å². The summed E-state index contributed by atoms with van der Waals surface area (Å²) in [5.74, 6) is 0.637.